The largest absolute Gasteiger partial charge is 0.330 e. The molecule has 0 saturated carbocycles. The molecule has 0 unspecified atom stereocenters. The summed E-state index contributed by atoms with van der Waals surface area (Å²) in [5.74, 6) is 2.13. The molecule has 0 fully saturated rings. The third-order valence-corrected chi connectivity index (χ3v) is 1.91. The van der Waals surface area contributed by atoms with Gasteiger partial charge in [0.1, 0.15) is 0 Å². The van der Waals surface area contributed by atoms with Crippen LogP contribution < -0.4 is 5.73 Å². The van der Waals surface area contributed by atoms with Crippen molar-refractivity contribution in [2.45, 2.75) is 6.42 Å². The van der Waals surface area contributed by atoms with E-state index in [1.165, 1.54) is 13.5 Å². The monoisotopic (exact) mass is 113 g/mol. The van der Waals surface area contributed by atoms with Gasteiger partial charge in [0.2, 0.25) is 0 Å². The summed E-state index contributed by atoms with van der Waals surface area (Å²) in [7, 11) is 1.38. The molecule has 1 aliphatic rings. The second-order valence-electron chi connectivity index (χ2n) is 1.47. The Morgan fingerprint density at radius 2 is 2.43 bits per heavy atom. The van der Waals surface area contributed by atoms with Gasteiger partial charge >= 0.3 is 0 Å². The van der Waals surface area contributed by atoms with Gasteiger partial charge in [-0.05, 0) is 30.2 Å². The normalized spacial score (nSPS) is 18.1. The van der Waals surface area contributed by atoms with Gasteiger partial charge in [-0.15, -0.1) is 0 Å². The van der Waals surface area contributed by atoms with Gasteiger partial charge in [-0.25, -0.2) is 0 Å². The second kappa shape index (κ2) is 2.25. The first-order valence-electron chi connectivity index (χ1n) is 2.37. The maximum atomic E-state index is 5.28. The van der Waals surface area contributed by atoms with Gasteiger partial charge in [-0.2, -0.15) is 0 Å². The molecule has 0 aromatic carbocycles. The Morgan fingerprint density at radius 1 is 1.71 bits per heavy atom. The molecule has 0 atom stereocenters. The molecule has 0 amide bonds. The molecule has 7 heavy (non-hydrogen) atoms. The van der Waals surface area contributed by atoms with E-state index in [1.807, 2.05) is 0 Å². The Balaban J connectivity index is 2.17. The second-order valence-corrected chi connectivity index (χ2v) is 2.61. The molecular weight excluding hydrogens is 105 g/mol. The van der Waals surface area contributed by atoms with Gasteiger partial charge in [-0.1, -0.05) is 8.20 Å². The van der Waals surface area contributed by atoms with E-state index in [9.17, 15) is 0 Å². The number of nitrogens with two attached hydrogens (primary N) is 1. The van der Waals surface area contributed by atoms with Crippen LogP contribution in [-0.4, -0.2) is 11.8 Å². The molecule has 0 saturated heterocycles. The highest BCUT2D eigenvalue weighted by Gasteiger charge is 1.94. The summed E-state index contributed by atoms with van der Waals surface area (Å²) in [6, 6.07) is 0. The predicted octanol–water partition coefficient (Wildman–Crippen LogP) is 0.981. The zero-order valence-electron chi connectivity index (χ0n) is 4.09. The first-order valence-corrected chi connectivity index (χ1v) is 3.33. The summed E-state index contributed by atoms with van der Waals surface area (Å²) in [6.45, 7) is 0.798. The van der Waals surface area contributed by atoms with E-state index in [0.29, 0.717) is 0 Å². The maximum absolute atomic E-state index is 5.28. The van der Waals surface area contributed by atoms with Crippen LogP contribution in [0.4, 0.5) is 0 Å². The predicted molar refractivity (Wildman–Crippen MR) is 34.7 cm³/mol. The summed E-state index contributed by atoms with van der Waals surface area (Å²) < 4.78 is 0. The Morgan fingerprint density at radius 3 is 2.57 bits per heavy atom. The molecule has 0 spiro atoms. The van der Waals surface area contributed by atoms with Crippen molar-refractivity contribution in [2.24, 2.45) is 5.73 Å². The van der Waals surface area contributed by atoms with Crippen LogP contribution in [0, 0.1) is 0 Å². The summed E-state index contributed by atoms with van der Waals surface area (Å²) in [5.41, 5.74) is 5.28. The number of allylic oxidation sites excluding steroid dienone is 1. The lowest BCUT2D eigenvalue weighted by atomic mass is 10.3. The van der Waals surface area contributed by atoms with Crippen LogP contribution >= 0.6 is 8.20 Å². The Labute approximate surface area is 45.0 Å². The molecule has 0 bridgehead atoms. The van der Waals surface area contributed by atoms with Gasteiger partial charge in [0.05, 0.1) is 0 Å². The van der Waals surface area contributed by atoms with Crippen LogP contribution in [0.5, 0.6) is 0 Å². The zero-order valence-corrected chi connectivity index (χ0v) is 4.99. The fraction of sp³-hybridized carbons (Fsp3) is 0.400. The van der Waals surface area contributed by atoms with Gasteiger partial charge in [-0.3, -0.25) is 0 Å². The van der Waals surface area contributed by atoms with Crippen molar-refractivity contribution < 1.29 is 0 Å². The molecule has 0 aromatic heterocycles. The maximum Gasteiger partial charge on any atom is -0.00333 e. The van der Waals surface area contributed by atoms with Crippen LogP contribution in [0.1, 0.15) is 6.42 Å². The third-order valence-electron chi connectivity index (χ3n) is 0.908. The Kier molecular flexibility index (Phi) is 1.61. The van der Waals surface area contributed by atoms with E-state index in [1.54, 1.807) is 0 Å². The molecule has 0 aliphatic carbocycles. The third kappa shape index (κ3) is 1.12. The highest BCUT2D eigenvalue weighted by molar-refractivity contribution is 7.47. The fourth-order valence-corrected chi connectivity index (χ4v) is 1.09. The van der Waals surface area contributed by atoms with E-state index in [4.69, 9.17) is 5.73 Å². The molecule has 2 heteroatoms. The van der Waals surface area contributed by atoms with Crippen molar-refractivity contribution >= 4 is 13.5 Å². The molecule has 1 rings (SSSR count). The zero-order chi connectivity index (χ0) is 5.11. The molecular formula is C5H8NP. The molecule has 2 N–H and O–H groups in total. The SMILES string of the molecule is NCCC1=PC=C1. The van der Waals surface area contributed by atoms with Crippen molar-refractivity contribution in [1.82, 2.24) is 0 Å². The molecule has 38 valence electrons. The quantitative estimate of drug-likeness (QED) is 0.531. The molecule has 1 aliphatic heterocycles. The molecule has 0 radical (unpaired) electrons. The highest BCUT2D eigenvalue weighted by Crippen LogP contribution is 2.14. The topological polar surface area (TPSA) is 26.0 Å². The minimum Gasteiger partial charge on any atom is -0.330 e. The minimum absolute atomic E-state index is 0.798. The van der Waals surface area contributed by atoms with Crippen LogP contribution in [0.2, 0.25) is 0 Å². The van der Waals surface area contributed by atoms with Crippen molar-refractivity contribution in [3.63, 3.8) is 0 Å². The Bertz CT molecular complexity index is 115. The van der Waals surface area contributed by atoms with Crippen LogP contribution in [0.15, 0.2) is 11.9 Å². The minimum atomic E-state index is 0.798. The van der Waals surface area contributed by atoms with Gasteiger partial charge in [0, 0.05) is 0 Å². The average Bonchev–Trinajstić information content (AvgIpc) is 1.55. The molecule has 0 aromatic rings. The van der Waals surface area contributed by atoms with Crippen LogP contribution in [-0.2, 0) is 0 Å². The van der Waals surface area contributed by atoms with E-state index in [2.05, 4.69) is 11.9 Å². The summed E-state index contributed by atoms with van der Waals surface area (Å²) in [4.78, 5) is 0. The lowest BCUT2D eigenvalue weighted by Crippen LogP contribution is -2.05. The standard InChI is InChI=1S/C5H8NP/c6-3-1-5-2-4-7-5/h2,4H,1,3,6H2. The van der Waals surface area contributed by atoms with E-state index in [0.717, 1.165) is 13.0 Å². The number of hydrogen-bond donors (Lipinski definition) is 1. The van der Waals surface area contributed by atoms with E-state index < -0.39 is 0 Å². The van der Waals surface area contributed by atoms with Crippen molar-refractivity contribution in [3.05, 3.63) is 11.9 Å². The average molecular weight is 113 g/mol. The molecule has 1 heterocycles. The Hall–Kier alpha value is -0.130. The first kappa shape index (κ1) is 5.02. The smallest absolute Gasteiger partial charge is 0.00333 e. The first-order chi connectivity index (χ1) is 3.43. The van der Waals surface area contributed by atoms with Gasteiger partial charge in [0.25, 0.3) is 0 Å². The summed E-state index contributed by atoms with van der Waals surface area (Å²) in [6.07, 6.45) is 3.21. The highest BCUT2D eigenvalue weighted by atomic mass is 31.1. The summed E-state index contributed by atoms with van der Waals surface area (Å²) in [5, 5.41) is 1.47. The van der Waals surface area contributed by atoms with Gasteiger partial charge in [0.15, 0.2) is 0 Å². The molecule has 1 nitrogen and oxygen atoms in total. The van der Waals surface area contributed by atoms with Crippen LogP contribution in [0.3, 0.4) is 0 Å². The fourth-order valence-electron chi connectivity index (χ4n) is 0.476. The van der Waals surface area contributed by atoms with Gasteiger partial charge < -0.3 is 5.73 Å². The summed E-state index contributed by atoms with van der Waals surface area (Å²) >= 11 is 0. The number of hydrogen-bond acceptors (Lipinski definition) is 1. The lowest BCUT2D eigenvalue weighted by molar-refractivity contribution is 1.06. The lowest BCUT2D eigenvalue weighted by Gasteiger charge is -2.01. The van der Waals surface area contributed by atoms with E-state index in [-0.39, 0.29) is 0 Å². The van der Waals surface area contributed by atoms with Crippen molar-refractivity contribution in [2.75, 3.05) is 6.54 Å². The van der Waals surface area contributed by atoms with E-state index >= 15 is 0 Å². The van der Waals surface area contributed by atoms with Crippen molar-refractivity contribution in [3.8, 4) is 0 Å². The van der Waals surface area contributed by atoms with Crippen LogP contribution in [0.25, 0.3) is 0 Å². The number of rotatable bonds is 2. The van der Waals surface area contributed by atoms with Crippen molar-refractivity contribution in [1.29, 1.82) is 0 Å².